The van der Waals surface area contributed by atoms with Crippen LogP contribution < -0.4 is 5.46 Å². The molecule has 1 fully saturated rings. The second kappa shape index (κ2) is 3.37. The maximum Gasteiger partial charge on any atom is 0.157 e. The number of rotatable bonds is 2. The summed E-state index contributed by atoms with van der Waals surface area (Å²) in [6.45, 7) is 2.21. The molecule has 0 atom stereocenters. The van der Waals surface area contributed by atoms with Crippen LogP contribution in [0.4, 0.5) is 0 Å². The first kappa shape index (κ1) is 8.96. The number of aromatic nitrogens is 1. The van der Waals surface area contributed by atoms with Crippen LogP contribution in [-0.4, -0.2) is 12.3 Å². The third-order valence-corrected chi connectivity index (χ3v) is 3.24. The number of benzene rings is 1. The Morgan fingerprint density at radius 2 is 2.20 bits per heavy atom. The van der Waals surface area contributed by atoms with Gasteiger partial charge in [0.05, 0.1) is 5.52 Å². The predicted molar refractivity (Wildman–Crippen MR) is 66.4 cm³/mol. The fourth-order valence-electron chi connectivity index (χ4n) is 2.22. The first-order valence-electron chi connectivity index (χ1n) is 5.76. The van der Waals surface area contributed by atoms with Gasteiger partial charge in [0.15, 0.2) is 7.28 Å². The molecule has 1 nitrogen and oxygen atoms in total. The zero-order valence-electron chi connectivity index (χ0n) is 9.03. The van der Waals surface area contributed by atoms with Gasteiger partial charge in [0.1, 0.15) is 0 Å². The summed E-state index contributed by atoms with van der Waals surface area (Å²) in [6, 6.07) is 8.87. The topological polar surface area (TPSA) is 12.9 Å². The number of nitrogens with zero attached hydrogens (tertiary/aromatic N) is 1. The SMILES string of the molecule is CBc1cc(C2CC2)cc2cccnc12. The number of hydrogen-bond donors (Lipinski definition) is 0. The van der Waals surface area contributed by atoms with Crippen molar-refractivity contribution < 1.29 is 0 Å². The predicted octanol–water partition coefficient (Wildman–Crippen LogP) is 2.22. The van der Waals surface area contributed by atoms with Gasteiger partial charge in [-0.1, -0.05) is 24.4 Å². The largest absolute Gasteiger partial charge is 0.257 e. The zero-order valence-corrected chi connectivity index (χ0v) is 9.03. The molecule has 0 bridgehead atoms. The summed E-state index contributed by atoms with van der Waals surface area (Å²) in [5.41, 5.74) is 4.10. The first-order chi connectivity index (χ1) is 7.38. The van der Waals surface area contributed by atoms with Crippen molar-refractivity contribution in [1.82, 2.24) is 4.98 Å². The van der Waals surface area contributed by atoms with Gasteiger partial charge in [0.2, 0.25) is 0 Å². The van der Waals surface area contributed by atoms with Crippen molar-refractivity contribution in [3.63, 3.8) is 0 Å². The molecule has 0 N–H and O–H groups in total. The number of fused-ring (bicyclic) bond motifs is 1. The van der Waals surface area contributed by atoms with Crippen molar-refractivity contribution >= 4 is 23.6 Å². The van der Waals surface area contributed by atoms with Gasteiger partial charge in [-0.3, -0.25) is 4.98 Å². The molecule has 2 heteroatoms. The van der Waals surface area contributed by atoms with Gasteiger partial charge in [-0.25, -0.2) is 0 Å². The Kier molecular flexibility index (Phi) is 2.01. The Morgan fingerprint density at radius 1 is 1.33 bits per heavy atom. The van der Waals surface area contributed by atoms with E-state index in [1.54, 1.807) is 0 Å². The lowest BCUT2D eigenvalue weighted by Gasteiger charge is -2.06. The minimum atomic E-state index is 0.833. The van der Waals surface area contributed by atoms with E-state index in [1.165, 1.54) is 34.8 Å². The van der Waals surface area contributed by atoms with Crippen molar-refractivity contribution in [3.05, 3.63) is 36.0 Å². The van der Waals surface area contributed by atoms with Crippen molar-refractivity contribution in [1.29, 1.82) is 0 Å². The molecule has 3 rings (SSSR count). The number of pyridine rings is 1. The molecule has 74 valence electrons. The van der Waals surface area contributed by atoms with E-state index in [9.17, 15) is 0 Å². The van der Waals surface area contributed by atoms with Crippen LogP contribution in [0, 0.1) is 0 Å². The quantitative estimate of drug-likeness (QED) is 0.669. The highest BCUT2D eigenvalue weighted by atomic mass is 14.6. The molecule has 1 aliphatic carbocycles. The molecule has 0 unspecified atom stereocenters. The summed E-state index contributed by atoms with van der Waals surface area (Å²) >= 11 is 0. The molecule has 0 amide bonds. The van der Waals surface area contributed by atoms with E-state index in [0.717, 1.165) is 13.2 Å². The lowest BCUT2D eigenvalue weighted by Crippen LogP contribution is -2.13. The monoisotopic (exact) mass is 195 g/mol. The van der Waals surface area contributed by atoms with E-state index in [0.29, 0.717) is 0 Å². The van der Waals surface area contributed by atoms with Crippen LogP contribution in [0.15, 0.2) is 30.5 Å². The molecule has 2 aromatic rings. The van der Waals surface area contributed by atoms with E-state index in [-0.39, 0.29) is 0 Å². The molecule has 0 saturated heterocycles. The normalized spacial score (nSPS) is 15.5. The molecule has 1 aromatic heterocycles. The highest BCUT2D eigenvalue weighted by Gasteiger charge is 2.24. The molecule has 0 radical (unpaired) electrons. The highest BCUT2D eigenvalue weighted by Crippen LogP contribution is 2.40. The third kappa shape index (κ3) is 1.54. The minimum Gasteiger partial charge on any atom is -0.257 e. The van der Waals surface area contributed by atoms with Gasteiger partial charge in [-0.2, -0.15) is 0 Å². The summed E-state index contributed by atoms with van der Waals surface area (Å²) in [5.74, 6) is 0.833. The van der Waals surface area contributed by atoms with Gasteiger partial charge < -0.3 is 0 Å². The van der Waals surface area contributed by atoms with E-state index >= 15 is 0 Å². The second-order valence-corrected chi connectivity index (χ2v) is 4.38. The van der Waals surface area contributed by atoms with Crippen LogP contribution in [0.25, 0.3) is 10.9 Å². The Labute approximate surface area is 90.8 Å². The smallest absolute Gasteiger partial charge is 0.157 e. The summed E-state index contributed by atoms with van der Waals surface area (Å²) in [7, 11) is 1.08. The van der Waals surface area contributed by atoms with Gasteiger partial charge in [-0.05, 0) is 41.8 Å². The molecular weight excluding hydrogens is 181 g/mol. The average molecular weight is 195 g/mol. The van der Waals surface area contributed by atoms with Crippen molar-refractivity contribution in [2.75, 3.05) is 0 Å². The average Bonchev–Trinajstić information content (AvgIpc) is 3.11. The van der Waals surface area contributed by atoms with Crippen molar-refractivity contribution in [2.45, 2.75) is 25.6 Å². The van der Waals surface area contributed by atoms with E-state index in [4.69, 9.17) is 0 Å². The Bertz CT molecular complexity index is 503. The Balaban J connectivity index is 2.25. The van der Waals surface area contributed by atoms with Crippen LogP contribution >= 0.6 is 0 Å². The van der Waals surface area contributed by atoms with Gasteiger partial charge in [-0.15, -0.1) is 0 Å². The summed E-state index contributed by atoms with van der Waals surface area (Å²) in [6.07, 6.45) is 4.63. The first-order valence-corrected chi connectivity index (χ1v) is 5.76. The fourth-order valence-corrected chi connectivity index (χ4v) is 2.22. The van der Waals surface area contributed by atoms with Crippen LogP contribution in [-0.2, 0) is 0 Å². The second-order valence-electron chi connectivity index (χ2n) is 4.38. The zero-order chi connectivity index (χ0) is 10.3. The molecule has 1 saturated carbocycles. The maximum absolute atomic E-state index is 4.47. The Morgan fingerprint density at radius 3 is 2.93 bits per heavy atom. The van der Waals surface area contributed by atoms with Crippen molar-refractivity contribution in [2.24, 2.45) is 0 Å². The maximum atomic E-state index is 4.47. The minimum absolute atomic E-state index is 0.833. The molecule has 0 spiro atoms. The van der Waals surface area contributed by atoms with Crippen LogP contribution in [0.2, 0.25) is 6.82 Å². The standard InChI is InChI=1S/C13H14BN/c1-14-12-8-11(9-4-5-9)7-10-3-2-6-15-13(10)12/h2-3,6-9,14H,4-5H2,1H3. The van der Waals surface area contributed by atoms with Crippen LogP contribution in [0.1, 0.15) is 24.3 Å². The van der Waals surface area contributed by atoms with Crippen LogP contribution in [0.5, 0.6) is 0 Å². The Hall–Kier alpha value is -1.31. The van der Waals surface area contributed by atoms with Gasteiger partial charge >= 0.3 is 0 Å². The molecule has 1 aromatic carbocycles. The van der Waals surface area contributed by atoms with Gasteiger partial charge in [0.25, 0.3) is 0 Å². The lowest BCUT2D eigenvalue weighted by molar-refractivity contribution is 1.14. The molecular formula is C13H14BN. The van der Waals surface area contributed by atoms with E-state index in [1.807, 2.05) is 12.3 Å². The van der Waals surface area contributed by atoms with E-state index < -0.39 is 0 Å². The molecule has 0 aliphatic heterocycles. The molecule has 1 aliphatic rings. The fraction of sp³-hybridized carbons (Fsp3) is 0.308. The van der Waals surface area contributed by atoms with Crippen LogP contribution in [0.3, 0.4) is 0 Å². The lowest BCUT2D eigenvalue weighted by atomic mass is 9.71. The molecule has 1 heterocycles. The van der Waals surface area contributed by atoms with Crippen molar-refractivity contribution in [3.8, 4) is 0 Å². The summed E-state index contributed by atoms with van der Waals surface area (Å²) in [4.78, 5) is 4.47. The highest BCUT2D eigenvalue weighted by molar-refractivity contribution is 6.55. The van der Waals surface area contributed by atoms with E-state index in [2.05, 4.69) is 30.0 Å². The summed E-state index contributed by atoms with van der Waals surface area (Å²) < 4.78 is 0. The number of hydrogen-bond acceptors (Lipinski definition) is 1. The molecule has 15 heavy (non-hydrogen) atoms. The summed E-state index contributed by atoms with van der Waals surface area (Å²) in [5, 5.41) is 1.30. The third-order valence-electron chi connectivity index (χ3n) is 3.24. The van der Waals surface area contributed by atoms with Gasteiger partial charge in [0, 0.05) is 6.20 Å².